The number of halogens is 2. The van der Waals surface area contributed by atoms with Crippen molar-refractivity contribution >= 4 is 29.0 Å². The zero-order valence-electron chi connectivity index (χ0n) is 9.86. The van der Waals surface area contributed by atoms with Gasteiger partial charge in [0.25, 0.3) is 0 Å². The Morgan fingerprint density at radius 3 is 2.44 bits per heavy atom. The Bertz CT molecular complexity index is 558. The zero-order valence-corrected chi connectivity index (χ0v) is 11.4. The molecule has 0 bridgehead atoms. The number of carbonyl (C=O) groups excluding carboxylic acids is 1. The SMILES string of the molecule is Cn1ccc(CC(=O)Cc2c(Cl)cccc2Cl)n1. The van der Waals surface area contributed by atoms with Gasteiger partial charge < -0.3 is 0 Å². The molecule has 0 amide bonds. The summed E-state index contributed by atoms with van der Waals surface area (Å²) in [6, 6.07) is 7.05. The molecule has 18 heavy (non-hydrogen) atoms. The Labute approximate surface area is 115 Å². The highest BCUT2D eigenvalue weighted by Gasteiger charge is 2.12. The predicted octanol–water partition coefficient (Wildman–Crippen LogP) is 3.08. The second-order valence-electron chi connectivity index (χ2n) is 4.07. The van der Waals surface area contributed by atoms with Crippen LogP contribution in [0.2, 0.25) is 10.0 Å². The second kappa shape index (κ2) is 5.55. The summed E-state index contributed by atoms with van der Waals surface area (Å²) in [5, 5.41) is 5.22. The largest absolute Gasteiger partial charge is 0.299 e. The van der Waals surface area contributed by atoms with Gasteiger partial charge in [-0.25, -0.2) is 0 Å². The van der Waals surface area contributed by atoms with E-state index in [1.807, 2.05) is 19.3 Å². The number of aryl methyl sites for hydroxylation is 1. The van der Waals surface area contributed by atoms with Gasteiger partial charge in [-0.1, -0.05) is 29.3 Å². The van der Waals surface area contributed by atoms with Crippen LogP contribution in [-0.2, 0) is 24.7 Å². The molecule has 0 unspecified atom stereocenters. The summed E-state index contributed by atoms with van der Waals surface area (Å²) >= 11 is 12.0. The molecule has 94 valence electrons. The van der Waals surface area contributed by atoms with E-state index in [2.05, 4.69) is 5.10 Å². The molecular formula is C13H12Cl2N2O. The van der Waals surface area contributed by atoms with Crippen LogP contribution in [0.3, 0.4) is 0 Å². The molecule has 0 aliphatic carbocycles. The first-order valence-corrected chi connectivity index (χ1v) is 6.25. The van der Waals surface area contributed by atoms with Crippen molar-refractivity contribution in [1.82, 2.24) is 9.78 Å². The Balaban J connectivity index is 2.08. The lowest BCUT2D eigenvalue weighted by Crippen LogP contribution is -2.08. The van der Waals surface area contributed by atoms with Gasteiger partial charge in [0.2, 0.25) is 0 Å². The van der Waals surface area contributed by atoms with E-state index in [-0.39, 0.29) is 12.2 Å². The third-order valence-corrected chi connectivity index (χ3v) is 3.29. The summed E-state index contributed by atoms with van der Waals surface area (Å²) in [5.74, 6) is 0.0451. The van der Waals surface area contributed by atoms with Crippen LogP contribution in [0.4, 0.5) is 0 Å². The van der Waals surface area contributed by atoms with Crippen LogP contribution in [-0.4, -0.2) is 15.6 Å². The lowest BCUT2D eigenvalue weighted by atomic mass is 10.1. The average molecular weight is 283 g/mol. The number of hydrogen-bond donors (Lipinski definition) is 0. The number of carbonyl (C=O) groups is 1. The molecule has 2 aromatic rings. The summed E-state index contributed by atoms with van der Waals surface area (Å²) in [7, 11) is 1.82. The monoisotopic (exact) mass is 282 g/mol. The van der Waals surface area contributed by atoms with E-state index in [4.69, 9.17) is 23.2 Å². The van der Waals surface area contributed by atoms with Crippen molar-refractivity contribution in [3.05, 3.63) is 51.8 Å². The smallest absolute Gasteiger partial charge is 0.143 e. The van der Waals surface area contributed by atoms with E-state index in [0.29, 0.717) is 22.0 Å². The Hall–Kier alpha value is -1.32. The third kappa shape index (κ3) is 3.12. The molecule has 0 aliphatic heterocycles. The van der Waals surface area contributed by atoms with Crippen molar-refractivity contribution in [3.63, 3.8) is 0 Å². The first-order chi connectivity index (χ1) is 8.56. The van der Waals surface area contributed by atoms with Gasteiger partial charge in [-0.2, -0.15) is 5.10 Å². The Morgan fingerprint density at radius 1 is 1.22 bits per heavy atom. The summed E-state index contributed by atoms with van der Waals surface area (Å²) < 4.78 is 1.67. The molecular weight excluding hydrogens is 271 g/mol. The molecule has 0 atom stereocenters. The van der Waals surface area contributed by atoms with Crippen LogP contribution in [0.15, 0.2) is 30.5 Å². The fourth-order valence-corrected chi connectivity index (χ4v) is 2.25. The molecule has 5 heteroatoms. The van der Waals surface area contributed by atoms with E-state index < -0.39 is 0 Å². The summed E-state index contributed by atoms with van der Waals surface area (Å²) in [6.07, 6.45) is 2.34. The van der Waals surface area contributed by atoms with E-state index in [0.717, 1.165) is 5.69 Å². The fourth-order valence-electron chi connectivity index (χ4n) is 1.72. The lowest BCUT2D eigenvalue weighted by molar-refractivity contribution is -0.117. The summed E-state index contributed by atoms with van der Waals surface area (Å²) in [6.45, 7) is 0. The third-order valence-electron chi connectivity index (χ3n) is 2.58. The molecule has 0 radical (unpaired) electrons. The minimum absolute atomic E-state index is 0.0451. The molecule has 1 heterocycles. The molecule has 2 rings (SSSR count). The van der Waals surface area contributed by atoms with E-state index in [1.54, 1.807) is 22.9 Å². The first-order valence-electron chi connectivity index (χ1n) is 5.49. The highest BCUT2D eigenvalue weighted by atomic mass is 35.5. The van der Waals surface area contributed by atoms with E-state index in [1.165, 1.54) is 0 Å². The van der Waals surface area contributed by atoms with Crippen LogP contribution in [0.1, 0.15) is 11.3 Å². The minimum Gasteiger partial charge on any atom is -0.299 e. The quantitative estimate of drug-likeness (QED) is 0.864. The van der Waals surface area contributed by atoms with Gasteiger partial charge in [0, 0.05) is 29.7 Å². The van der Waals surface area contributed by atoms with Crippen molar-refractivity contribution in [2.24, 2.45) is 7.05 Å². The minimum atomic E-state index is 0.0451. The molecule has 0 fully saturated rings. The number of benzene rings is 1. The molecule has 0 spiro atoms. The Kier molecular flexibility index (Phi) is 4.04. The van der Waals surface area contributed by atoms with Gasteiger partial charge in [-0.15, -0.1) is 0 Å². The molecule has 1 aromatic heterocycles. The summed E-state index contributed by atoms with van der Waals surface area (Å²) in [4.78, 5) is 11.9. The number of ketones is 1. The molecule has 0 saturated carbocycles. The lowest BCUT2D eigenvalue weighted by Gasteiger charge is -2.05. The zero-order chi connectivity index (χ0) is 13.1. The summed E-state index contributed by atoms with van der Waals surface area (Å²) in [5.41, 5.74) is 1.44. The number of nitrogens with zero attached hydrogens (tertiary/aromatic N) is 2. The predicted molar refractivity (Wildman–Crippen MR) is 72.1 cm³/mol. The maximum atomic E-state index is 11.9. The maximum absolute atomic E-state index is 11.9. The number of aromatic nitrogens is 2. The molecule has 1 aromatic carbocycles. The van der Waals surface area contributed by atoms with Crippen molar-refractivity contribution in [2.45, 2.75) is 12.8 Å². The molecule has 0 aliphatic rings. The van der Waals surface area contributed by atoms with Gasteiger partial charge in [-0.05, 0) is 23.8 Å². The van der Waals surface area contributed by atoms with Crippen molar-refractivity contribution in [2.75, 3.05) is 0 Å². The number of rotatable bonds is 4. The standard InChI is InChI=1S/C13H12Cl2N2O/c1-17-6-5-9(16-17)7-10(18)8-11-12(14)3-2-4-13(11)15/h2-6H,7-8H2,1H3. The van der Waals surface area contributed by atoms with Gasteiger partial charge in [0.1, 0.15) is 5.78 Å². The number of Topliss-reactive ketones (excluding diaryl/α,β-unsaturated/α-hetero) is 1. The van der Waals surface area contributed by atoms with E-state index in [9.17, 15) is 4.79 Å². The highest BCUT2D eigenvalue weighted by Crippen LogP contribution is 2.25. The Morgan fingerprint density at radius 2 is 1.89 bits per heavy atom. The van der Waals surface area contributed by atoms with Crippen LogP contribution >= 0.6 is 23.2 Å². The first kappa shape index (κ1) is 13.1. The van der Waals surface area contributed by atoms with Crippen molar-refractivity contribution in [1.29, 1.82) is 0 Å². The van der Waals surface area contributed by atoms with Crippen molar-refractivity contribution in [3.8, 4) is 0 Å². The number of hydrogen-bond acceptors (Lipinski definition) is 2. The highest BCUT2D eigenvalue weighted by molar-refractivity contribution is 6.36. The van der Waals surface area contributed by atoms with Gasteiger partial charge in [0.05, 0.1) is 12.1 Å². The molecule has 0 saturated heterocycles. The van der Waals surface area contributed by atoms with E-state index >= 15 is 0 Å². The topological polar surface area (TPSA) is 34.9 Å². The van der Waals surface area contributed by atoms with Crippen LogP contribution in [0, 0.1) is 0 Å². The second-order valence-corrected chi connectivity index (χ2v) is 4.89. The van der Waals surface area contributed by atoms with Crippen LogP contribution < -0.4 is 0 Å². The average Bonchev–Trinajstić information content (AvgIpc) is 2.69. The van der Waals surface area contributed by atoms with Gasteiger partial charge >= 0.3 is 0 Å². The molecule has 0 N–H and O–H groups in total. The van der Waals surface area contributed by atoms with Crippen LogP contribution in [0.25, 0.3) is 0 Å². The van der Waals surface area contributed by atoms with Gasteiger partial charge in [0.15, 0.2) is 0 Å². The van der Waals surface area contributed by atoms with Crippen molar-refractivity contribution < 1.29 is 4.79 Å². The van der Waals surface area contributed by atoms with Crippen LogP contribution in [0.5, 0.6) is 0 Å². The maximum Gasteiger partial charge on any atom is 0.143 e. The van der Waals surface area contributed by atoms with Gasteiger partial charge in [-0.3, -0.25) is 9.48 Å². The molecule has 3 nitrogen and oxygen atoms in total. The fraction of sp³-hybridized carbons (Fsp3) is 0.231. The normalized spacial score (nSPS) is 10.6.